The first-order valence-electron chi connectivity index (χ1n) is 8.38. The number of amides is 1. The Bertz CT molecular complexity index is 1080. The van der Waals surface area contributed by atoms with E-state index in [1.54, 1.807) is 25.1 Å². The first-order valence-corrected chi connectivity index (χ1v) is 9.87. The molecule has 1 heterocycles. The van der Waals surface area contributed by atoms with Crippen molar-refractivity contribution in [1.82, 2.24) is 4.57 Å². The summed E-state index contributed by atoms with van der Waals surface area (Å²) in [7, 11) is -4.02. The second-order valence-corrected chi connectivity index (χ2v) is 7.84. The van der Waals surface area contributed by atoms with E-state index in [1.807, 2.05) is 0 Å². The van der Waals surface area contributed by atoms with E-state index in [-0.39, 0.29) is 16.5 Å². The zero-order valence-corrected chi connectivity index (χ0v) is 16.6. The molecule has 0 bridgehead atoms. The number of oxime groups is 1. The highest BCUT2D eigenvalue weighted by Crippen LogP contribution is 2.19. The van der Waals surface area contributed by atoms with E-state index in [9.17, 15) is 18.0 Å². The summed E-state index contributed by atoms with van der Waals surface area (Å²) < 4.78 is 28.3. The third kappa shape index (κ3) is 5.04. The van der Waals surface area contributed by atoms with Gasteiger partial charge in [0.05, 0.1) is 4.90 Å². The summed E-state index contributed by atoms with van der Waals surface area (Å²) in [6, 6.07) is 8.99. The minimum Gasteiger partial charge on any atom is -0.387 e. The van der Waals surface area contributed by atoms with E-state index in [4.69, 9.17) is 22.0 Å². The lowest BCUT2D eigenvalue weighted by atomic mass is 10.1. The van der Waals surface area contributed by atoms with Crippen LogP contribution in [0.2, 0.25) is 0 Å². The number of carbonyl (C=O) groups excluding carboxylic acids is 1. The topological polar surface area (TPSA) is 185 Å². The van der Waals surface area contributed by atoms with Crippen molar-refractivity contribution < 1.29 is 18.0 Å². The maximum Gasteiger partial charge on any atom is 0.275 e. The summed E-state index contributed by atoms with van der Waals surface area (Å²) in [4.78, 5) is 30.0. The van der Waals surface area contributed by atoms with Crippen molar-refractivity contribution in [2.45, 2.75) is 30.9 Å². The molecule has 2 rings (SSSR count). The number of anilines is 1. The molecule has 2 aromatic rings. The maximum atomic E-state index is 13.0. The van der Waals surface area contributed by atoms with Gasteiger partial charge in [-0.15, -0.1) is 0 Å². The molecule has 0 aliphatic rings. The van der Waals surface area contributed by atoms with Crippen LogP contribution in [0.3, 0.4) is 0 Å². The molecule has 156 valence electrons. The van der Waals surface area contributed by atoms with E-state index in [0.29, 0.717) is 5.69 Å². The number of nitrogens with zero attached hydrogens (tertiary/aromatic N) is 2. The smallest absolute Gasteiger partial charge is 0.275 e. The third-order valence-corrected chi connectivity index (χ3v) is 5.34. The number of hydrogen-bond acceptors (Lipinski definition) is 6. The monoisotopic (exact) mass is 422 g/mol. The summed E-state index contributed by atoms with van der Waals surface area (Å²) in [6.07, 6.45) is -1.02. The third-order valence-electron chi connectivity index (χ3n) is 3.96. The van der Waals surface area contributed by atoms with Gasteiger partial charge < -0.3 is 22.0 Å². The number of aromatic nitrogens is 1. The molecule has 2 atom stereocenters. The van der Waals surface area contributed by atoms with E-state index in [0.717, 1.165) is 4.57 Å². The molecule has 0 saturated carbocycles. The van der Waals surface area contributed by atoms with Gasteiger partial charge in [0.1, 0.15) is 5.69 Å². The summed E-state index contributed by atoms with van der Waals surface area (Å²) in [6.45, 7) is 2.99. The van der Waals surface area contributed by atoms with Gasteiger partial charge in [0.15, 0.2) is 12.1 Å². The normalized spacial score (nSPS) is 13.2. The number of sulfonamides is 1. The maximum absolute atomic E-state index is 13.0. The lowest BCUT2D eigenvalue weighted by Crippen LogP contribution is -2.42. The largest absolute Gasteiger partial charge is 0.387 e. The Morgan fingerprint density at radius 1 is 1.14 bits per heavy atom. The number of nitrogens with one attached hydrogen (secondary N) is 1. The molecule has 0 fully saturated rings. The van der Waals surface area contributed by atoms with Crippen molar-refractivity contribution in [3.63, 3.8) is 0 Å². The molecule has 0 saturated heterocycles. The van der Waals surface area contributed by atoms with E-state index < -0.39 is 33.6 Å². The Morgan fingerprint density at radius 3 is 2.31 bits per heavy atom. The van der Waals surface area contributed by atoms with Gasteiger partial charge in [-0.2, -0.15) is 0 Å². The molecule has 1 aromatic heterocycles. The summed E-state index contributed by atoms with van der Waals surface area (Å²) in [5.41, 5.74) is 15.2. The number of aryl methyl sites for hydroxylation is 1. The van der Waals surface area contributed by atoms with Crippen LogP contribution < -0.4 is 27.5 Å². The predicted molar refractivity (Wildman–Crippen MR) is 107 cm³/mol. The fraction of sp³-hybridized carbons (Fsp3) is 0.235. The highest BCUT2D eigenvalue weighted by Gasteiger charge is 2.30. The van der Waals surface area contributed by atoms with Gasteiger partial charge in [-0.05, 0) is 43.3 Å². The minimum absolute atomic E-state index is 0.0255. The number of carbonyl (C=O) groups is 1. The lowest BCUT2D eigenvalue weighted by molar-refractivity contribution is -0.125. The zero-order valence-electron chi connectivity index (χ0n) is 15.8. The number of guanidine groups is 1. The molecular weight excluding hydrogens is 400 g/mol. The highest BCUT2D eigenvalue weighted by atomic mass is 32.2. The van der Waals surface area contributed by atoms with Crippen molar-refractivity contribution in [3.8, 4) is 0 Å². The van der Waals surface area contributed by atoms with Crippen LogP contribution in [-0.2, 0) is 19.7 Å². The number of rotatable bonds is 8. The van der Waals surface area contributed by atoms with Crippen molar-refractivity contribution in [2.24, 2.45) is 22.4 Å². The van der Waals surface area contributed by atoms with Crippen molar-refractivity contribution in [2.75, 3.05) is 4.72 Å². The SMILES string of the molecule is Cc1ccc(NS(=O)(=O)c2ccccc2)c(=O)n1C(C(N)=O)C(C)ON=C(N)N. The zero-order chi connectivity index (χ0) is 21.8. The number of primary amides is 1. The van der Waals surface area contributed by atoms with Gasteiger partial charge in [-0.25, -0.2) is 8.42 Å². The van der Waals surface area contributed by atoms with Gasteiger partial charge in [-0.3, -0.25) is 18.9 Å². The molecule has 7 N–H and O–H groups in total. The number of benzene rings is 1. The van der Waals surface area contributed by atoms with Gasteiger partial charge in [0.2, 0.25) is 11.9 Å². The minimum atomic E-state index is -4.02. The number of pyridine rings is 1. The Morgan fingerprint density at radius 2 is 1.76 bits per heavy atom. The first-order chi connectivity index (χ1) is 13.5. The van der Waals surface area contributed by atoms with Crippen LogP contribution >= 0.6 is 0 Å². The van der Waals surface area contributed by atoms with Gasteiger partial charge in [0, 0.05) is 5.69 Å². The van der Waals surface area contributed by atoms with Crippen LogP contribution in [0.5, 0.6) is 0 Å². The lowest BCUT2D eigenvalue weighted by Gasteiger charge is -2.24. The Hall–Kier alpha value is -3.54. The van der Waals surface area contributed by atoms with Gasteiger partial charge >= 0.3 is 0 Å². The average Bonchev–Trinajstić information content (AvgIpc) is 2.65. The van der Waals surface area contributed by atoms with Crippen LogP contribution in [0.4, 0.5) is 5.69 Å². The molecular formula is C17H22N6O5S. The molecule has 29 heavy (non-hydrogen) atoms. The summed E-state index contributed by atoms with van der Waals surface area (Å²) in [5, 5.41) is 3.37. The number of hydrogen-bond donors (Lipinski definition) is 4. The molecule has 2 unspecified atom stereocenters. The fourth-order valence-electron chi connectivity index (χ4n) is 2.64. The highest BCUT2D eigenvalue weighted by molar-refractivity contribution is 7.92. The van der Waals surface area contributed by atoms with Crippen LogP contribution in [0.15, 0.2) is 57.3 Å². The standard InChI is InChI=1S/C17H22N6O5S/c1-10-8-9-13(22-29(26,27)12-6-4-3-5-7-12)16(25)23(10)14(15(18)24)11(2)28-21-17(19)20/h3-9,11,14,22H,1-2H3,(H2,18,24)(H4,19,20,21). The van der Waals surface area contributed by atoms with Crippen LogP contribution in [0, 0.1) is 6.92 Å². The molecule has 0 radical (unpaired) electrons. The first kappa shape index (κ1) is 21.8. The van der Waals surface area contributed by atoms with Crippen LogP contribution in [0.25, 0.3) is 0 Å². The van der Waals surface area contributed by atoms with Gasteiger partial charge in [0.25, 0.3) is 15.6 Å². The molecule has 0 aliphatic carbocycles. The van der Waals surface area contributed by atoms with Crippen molar-refractivity contribution in [3.05, 3.63) is 58.5 Å². The predicted octanol–water partition coefficient (Wildman–Crippen LogP) is -0.423. The van der Waals surface area contributed by atoms with E-state index >= 15 is 0 Å². The van der Waals surface area contributed by atoms with Crippen molar-refractivity contribution >= 4 is 27.6 Å². The Labute approximate surface area is 167 Å². The molecule has 1 aromatic carbocycles. The molecule has 0 aliphatic heterocycles. The van der Waals surface area contributed by atoms with E-state index in [1.165, 1.54) is 31.2 Å². The average molecular weight is 422 g/mol. The Kier molecular flexibility index (Phi) is 6.49. The second kappa shape index (κ2) is 8.65. The molecule has 0 spiro atoms. The molecule has 11 nitrogen and oxygen atoms in total. The van der Waals surface area contributed by atoms with Crippen molar-refractivity contribution in [1.29, 1.82) is 0 Å². The van der Waals surface area contributed by atoms with Crippen LogP contribution in [0.1, 0.15) is 18.7 Å². The summed E-state index contributed by atoms with van der Waals surface area (Å²) in [5.74, 6) is -1.27. The van der Waals surface area contributed by atoms with Crippen LogP contribution in [-0.4, -0.2) is 31.0 Å². The summed E-state index contributed by atoms with van der Waals surface area (Å²) >= 11 is 0. The fourth-order valence-corrected chi connectivity index (χ4v) is 3.72. The Balaban J connectivity index is 2.50. The molecule has 1 amide bonds. The van der Waals surface area contributed by atoms with Gasteiger partial charge in [-0.1, -0.05) is 18.2 Å². The second-order valence-electron chi connectivity index (χ2n) is 6.16. The number of nitrogens with two attached hydrogens (primary N) is 3. The molecule has 12 heteroatoms. The van der Waals surface area contributed by atoms with E-state index in [2.05, 4.69) is 9.88 Å². The quantitative estimate of drug-likeness (QED) is 0.253.